The number of amides is 1. The van der Waals surface area contributed by atoms with Crippen molar-refractivity contribution in [2.45, 2.75) is 57.2 Å². The Hall–Kier alpha value is -0.820. The minimum atomic E-state index is -4.06. The van der Waals surface area contributed by atoms with Crippen molar-refractivity contribution in [2.24, 2.45) is 0 Å². The zero-order valence-corrected chi connectivity index (χ0v) is 15.0. The molecule has 0 aliphatic carbocycles. The van der Waals surface area contributed by atoms with Crippen molar-refractivity contribution < 1.29 is 40.5 Å². The quantitative estimate of drug-likeness (QED) is 0.606. The Bertz CT molecular complexity index is 560. The van der Waals surface area contributed by atoms with Gasteiger partial charge in [0.15, 0.2) is 12.1 Å². The van der Waals surface area contributed by atoms with Crippen molar-refractivity contribution in [3.63, 3.8) is 0 Å². The van der Waals surface area contributed by atoms with Gasteiger partial charge in [-0.05, 0) is 13.8 Å². The highest BCUT2D eigenvalue weighted by Gasteiger charge is 2.54. The number of rotatable bonds is 6. The fourth-order valence-electron chi connectivity index (χ4n) is 2.82. The maximum absolute atomic E-state index is 11.6. The van der Waals surface area contributed by atoms with Crippen molar-refractivity contribution in [3.8, 4) is 0 Å². The first-order valence-corrected chi connectivity index (χ1v) is 8.68. The van der Waals surface area contributed by atoms with E-state index in [1.54, 1.807) is 13.8 Å². The molecule has 11 heteroatoms. The first kappa shape index (κ1) is 19.5. The highest BCUT2D eigenvalue weighted by Crippen LogP contribution is 2.36. The second-order valence-corrected chi connectivity index (χ2v) is 7.20. The molecule has 24 heavy (non-hydrogen) atoms. The topological polar surface area (TPSA) is 119 Å². The first-order valence-electron chi connectivity index (χ1n) is 7.34. The van der Waals surface area contributed by atoms with Crippen molar-refractivity contribution in [1.29, 1.82) is 0 Å². The molecule has 4 atom stereocenters. The third kappa shape index (κ3) is 4.42. The molecule has 2 saturated heterocycles. The number of carbonyl (C=O) groups is 1. The van der Waals surface area contributed by atoms with E-state index in [-0.39, 0.29) is 12.5 Å². The van der Waals surface area contributed by atoms with Gasteiger partial charge in [0.2, 0.25) is 5.91 Å². The fraction of sp³-hybridized carbons (Fsp3) is 0.923. The van der Waals surface area contributed by atoms with Crippen LogP contribution in [-0.4, -0.2) is 71.6 Å². The molecular formula is C13H23NO9S. The number of methoxy groups -OCH3 is 2. The predicted molar refractivity (Wildman–Crippen MR) is 79.0 cm³/mol. The second kappa shape index (κ2) is 7.20. The third-order valence-electron chi connectivity index (χ3n) is 3.63. The summed E-state index contributed by atoms with van der Waals surface area (Å²) in [6, 6.07) is -0.754. The molecule has 0 spiro atoms. The third-order valence-corrected chi connectivity index (χ3v) is 4.54. The van der Waals surface area contributed by atoms with Gasteiger partial charge in [0.1, 0.15) is 24.4 Å². The van der Waals surface area contributed by atoms with E-state index in [1.165, 1.54) is 21.1 Å². The molecule has 2 aliphatic rings. The lowest BCUT2D eigenvalue weighted by molar-refractivity contribution is -0.175. The molecule has 10 nitrogen and oxygen atoms in total. The van der Waals surface area contributed by atoms with Gasteiger partial charge in [-0.2, -0.15) is 8.42 Å². The van der Waals surface area contributed by atoms with E-state index < -0.39 is 46.8 Å². The van der Waals surface area contributed by atoms with Crippen LogP contribution < -0.4 is 5.32 Å². The van der Waals surface area contributed by atoms with Gasteiger partial charge in [0, 0.05) is 21.1 Å². The molecule has 0 aromatic heterocycles. The average Bonchev–Trinajstić information content (AvgIpc) is 2.97. The van der Waals surface area contributed by atoms with E-state index in [9.17, 15) is 13.2 Å². The second-order valence-electron chi connectivity index (χ2n) is 5.96. The van der Waals surface area contributed by atoms with E-state index in [0.717, 1.165) is 0 Å². The standard InChI is InChI=1S/C13H23NO9S/c1-7(15)14-9(12(18-4)19-5)11-10(21-13(2,3)22-11)8-6-20-24(16,17)23-8/h8-12H,6H2,1-5H3,(H,14,15)/t8-,9-,10-,11-/m1/s1. The largest absolute Gasteiger partial charge is 0.400 e. The molecule has 2 fully saturated rings. The van der Waals surface area contributed by atoms with Crippen LogP contribution in [-0.2, 0) is 42.5 Å². The summed E-state index contributed by atoms with van der Waals surface area (Å²) in [7, 11) is -1.23. The molecule has 2 rings (SSSR count). The molecule has 2 aliphatic heterocycles. The SMILES string of the molecule is COC(OC)[C@H](NC(C)=O)[C@H]1OC(C)(C)O[C@@H]1[C@H]1COS(=O)(=O)O1. The lowest BCUT2D eigenvalue weighted by atomic mass is 10.0. The van der Waals surface area contributed by atoms with Gasteiger partial charge in [0.05, 0.1) is 6.61 Å². The molecule has 0 aromatic carbocycles. The van der Waals surface area contributed by atoms with Crippen LogP contribution in [0.5, 0.6) is 0 Å². The zero-order chi connectivity index (χ0) is 18.1. The maximum atomic E-state index is 11.6. The van der Waals surface area contributed by atoms with Crippen LogP contribution in [0.4, 0.5) is 0 Å². The van der Waals surface area contributed by atoms with E-state index in [4.69, 9.17) is 23.1 Å². The highest BCUT2D eigenvalue weighted by atomic mass is 32.3. The Morgan fingerprint density at radius 2 is 1.88 bits per heavy atom. The van der Waals surface area contributed by atoms with Crippen LogP contribution in [0.25, 0.3) is 0 Å². The summed E-state index contributed by atoms with van der Waals surface area (Å²) in [4.78, 5) is 11.6. The molecule has 0 bridgehead atoms. The van der Waals surface area contributed by atoms with Gasteiger partial charge in [-0.15, -0.1) is 0 Å². The molecule has 0 aromatic rings. The van der Waals surface area contributed by atoms with Crippen LogP contribution in [0.15, 0.2) is 0 Å². The summed E-state index contributed by atoms with van der Waals surface area (Å²) in [5.74, 6) is -1.35. The van der Waals surface area contributed by atoms with E-state index >= 15 is 0 Å². The van der Waals surface area contributed by atoms with Crippen LogP contribution in [0.3, 0.4) is 0 Å². The highest BCUT2D eigenvalue weighted by molar-refractivity contribution is 7.82. The lowest BCUT2D eigenvalue weighted by Gasteiger charge is -2.32. The maximum Gasteiger partial charge on any atom is 0.400 e. The van der Waals surface area contributed by atoms with E-state index in [1.807, 2.05) is 0 Å². The van der Waals surface area contributed by atoms with Gasteiger partial charge in [-0.3, -0.25) is 4.79 Å². The predicted octanol–water partition coefficient (Wildman–Crippen LogP) is -0.710. The number of nitrogens with one attached hydrogen (secondary N) is 1. The Morgan fingerprint density at radius 1 is 1.25 bits per heavy atom. The lowest BCUT2D eigenvalue weighted by Crippen LogP contribution is -2.57. The fourth-order valence-corrected chi connectivity index (χ4v) is 3.64. The Morgan fingerprint density at radius 3 is 2.33 bits per heavy atom. The Labute approximate surface area is 141 Å². The summed E-state index contributed by atoms with van der Waals surface area (Å²) in [6.07, 6.45) is -3.34. The van der Waals surface area contributed by atoms with Crippen molar-refractivity contribution in [3.05, 3.63) is 0 Å². The molecule has 0 unspecified atom stereocenters. The minimum absolute atomic E-state index is 0.208. The van der Waals surface area contributed by atoms with Crippen LogP contribution in [0.1, 0.15) is 20.8 Å². The number of ether oxygens (including phenoxy) is 4. The van der Waals surface area contributed by atoms with Crippen molar-refractivity contribution >= 4 is 16.3 Å². The monoisotopic (exact) mass is 369 g/mol. The van der Waals surface area contributed by atoms with Gasteiger partial charge < -0.3 is 24.3 Å². The molecule has 140 valence electrons. The number of hydrogen-bond acceptors (Lipinski definition) is 9. The molecular weight excluding hydrogens is 346 g/mol. The van der Waals surface area contributed by atoms with Gasteiger partial charge >= 0.3 is 10.4 Å². The Kier molecular flexibility index (Phi) is 5.85. The van der Waals surface area contributed by atoms with Crippen LogP contribution in [0.2, 0.25) is 0 Å². The van der Waals surface area contributed by atoms with E-state index in [2.05, 4.69) is 9.50 Å². The number of hydrogen-bond donors (Lipinski definition) is 1. The molecule has 1 N–H and O–H groups in total. The van der Waals surface area contributed by atoms with Crippen molar-refractivity contribution in [1.82, 2.24) is 5.32 Å². The van der Waals surface area contributed by atoms with Crippen LogP contribution in [0, 0.1) is 0 Å². The Balaban J connectivity index is 2.29. The van der Waals surface area contributed by atoms with Gasteiger partial charge in [-0.25, -0.2) is 8.37 Å². The number of carbonyl (C=O) groups excluding carboxylic acids is 1. The summed E-state index contributed by atoms with van der Waals surface area (Å²) >= 11 is 0. The molecule has 0 radical (unpaired) electrons. The summed E-state index contributed by atoms with van der Waals surface area (Å²) in [5.41, 5.74) is 0. The van der Waals surface area contributed by atoms with Crippen molar-refractivity contribution in [2.75, 3.05) is 20.8 Å². The average molecular weight is 369 g/mol. The minimum Gasteiger partial charge on any atom is -0.354 e. The zero-order valence-electron chi connectivity index (χ0n) is 14.2. The molecule has 0 saturated carbocycles. The normalized spacial score (nSPS) is 32.8. The van der Waals surface area contributed by atoms with Crippen LogP contribution >= 0.6 is 0 Å². The van der Waals surface area contributed by atoms with Gasteiger partial charge in [0.25, 0.3) is 0 Å². The first-order chi connectivity index (χ1) is 11.1. The summed E-state index contributed by atoms with van der Waals surface area (Å²) in [5, 5.41) is 2.70. The molecule has 1 amide bonds. The molecule has 2 heterocycles. The summed E-state index contributed by atoms with van der Waals surface area (Å²) in [6.45, 7) is 4.47. The smallest absolute Gasteiger partial charge is 0.354 e. The summed E-state index contributed by atoms with van der Waals surface area (Å²) < 4.78 is 54.4. The van der Waals surface area contributed by atoms with Gasteiger partial charge in [-0.1, -0.05) is 0 Å². The van der Waals surface area contributed by atoms with E-state index in [0.29, 0.717) is 0 Å².